The average molecular weight is 308 g/mol. The zero-order chi connectivity index (χ0) is 13.3. The molecule has 2 aromatic rings. The smallest absolute Gasteiger partial charge is 0.251 e. The van der Waals surface area contributed by atoms with Crippen molar-refractivity contribution < 1.29 is 0 Å². The summed E-state index contributed by atoms with van der Waals surface area (Å²) < 4.78 is 0.805. The van der Waals surface area contributed by atoms with Gasteiger partial charge in [-0.05, 0) is 28.1 Å². The lowest BCUT2D eigenvalue weighted by molar-refractivity contribution is 0.566. The van der Waals surface area contributed by atoms with Gasteiger partial charge in [-0.15, -0.1) is 0 Å². The zero-order valence-corrected chi connectivity index (χ0v) is 12.1. The molecule has 0 unspecified atom stereocenters. The van der Waals surface area contributed by atoms with Crippen molar-refractivity contribution in [2.24, 2.45) is 0 Å². The summed E-state index contributed by atoms with van der Waals surface area (Å²) >= 11 is 3.41. The number of halogens is 1. The van der Waals surface area contributed by atoms with E-state index in [2.05, 4.69) is 30.9 Å². The van der Waals surface area contributed by atoms with Gasteiger partial charge < -0.3 is 4.98 Å². The molecule has 0 atom stereocenters. The molecule has 2 rings (SSSR count). The highest BCUT2D eigenvalue weighted by molar-refractivity contribution is 9.10. The Hall–Kier alpha value is -1.49. The van der Waals surface area contributed by atoms with E-state index >= 15 is 0 Å². The summed E-state index contributed by atoms with van der Waals surface area (Å²) in [4.78, 5) is 23.1. The first-order valence-electron chi connectivity index (χ1n) is 5.60. The molecule has 0 aliphatic carbocycles. The molecule has 0 aromatic carbocycles. The quantitative estimate of drug-likeness (QED) is 0.881. The van der Waals surface area contributed by atoms with Crippen molar-refractivity contribution >= 4 is 15.9 Å². The van der Waals surface area contributed by atoms with Crippen molar-refractivity contribution in [1.82, 2.24) is 15.0 Å². The first kappa shape index (κ1) is 13.0. The average Bonchev–Trinajstić information content (AvgIpc) is 2.27. The van der Waals surface area contributed by atoms with Gasteiger partial charge in [0.25, 0.3) is 5.56 Å². The molecule has 0 fully saturated rings. The minimum Gasteiger partial charge on any atom is -0.305 e. The summed E-state index contributed by atoms with van der Waals surface area (Å²) in [5, 5.41) is 0. The number of rotatable bonds is 1. The van der Waals surface area contributed by atoms with Gasteiger partial charge in [0.05, 0.1) is 5.69 Å². The second-order valence-electron chi connectivity index (χ2n) is 5.06. The van der Waals surface area contributed by atoms with E-state index in [0.29, 0.717) is 11.5 Å². The van der Waals surface area contributed by atoms with E-state index in [-0.39, 0.29) is 11.0 Å². The number of hydrogen-bond donors (Lipinski definition) is 1. The molecule has 0 amide bonds. The van der Waals surface area contributed by atoms with E-state index < -0.39 is 0 Å². The second-order valence-corrected chi connectivity index (χ2v) is 5.92. The fraction of sp³-hybridized carbons (Fsp3) is 0.308. The molecule has 0 saturated carbocycles. The minimum absolute atomic E-state index is 0.164. The number of nitrogens with one attached hydrogen (secondary N) is 1. The van der Waals surface area contributed by atoms with E-state index in [1.54, 1.807) is 6.20 Å². The molecule has 5 heteroatoms. The predicted molar refractivity (Wildman–Crippen MR) is 74.5 cm³/mol. The summed E-state index contributed by atoms with van der Waals surface area (Å²) in [5.74, 6) is 0.486. The highest BCUT2D eigenvalue weighted by Crippen LogP contribution is 2.24. The third kappa shape index (κ3) is 2.67. The third-order valence-corrected chi connectivity index (χ3v) is 3.13. The number of H-pyrrole nitrogens is 1. The molecular weight excluding hydrogens is 294 g/mol. The molecule has 0 radical (unpaired) electrons. The van der Waals surface area contributed by atoms with Crippen LogP contribution in [0.15, 0.2) is 33.7 Å². The van der Waals surface area contributed by atoms with Crippen LogP contribution in [0.3, 0.4) is 0 Å². The van der Waals surface area contributed by atoms with E-state index in [0.717, 1.165) is 10.2 Å². The van der Waals surface area contributed by atoms with E-state index in [4.69, 9.17) is 0 Å². The van der Waals surface area contributed by atoms with Crippen LogP contribution >= 0.6 is 15.9 Å². The second kappa shape index (κ2) is 4.65. The van der Waals surface area contributed by atoms with Gasteiger partial charge in [0.2, 0.25) is 0 Å². The van der Waals surface area contributed by atoms with Crippen LogP contribution in [0.2, 0.25) is 0 Å². The first-order valence-corrected chi connectivity index (χ1v) is 6.40. The SMILES string of the molecule is CC(C)(C)c1cc(=O)[nH]c(-c2ncccc2Br)n1. The molecule has 1 N–H and O–H groups in total. The Balaban J connectivity index is 2.63. The van der Waals surface area contributed by atoms with Gasteiger partial charge >= 0.3 is 0 Å². The summed E-state index contributed by atoms with van der Waals surface area (Å²) in [5.41, 5.74) is 1.05. The van der Waals surface area contributed by atoms with Crippen LogP contribution in [0.25, 0.3) is 11.5 Å². The van der Waals surface area contributed by atoms with E-state index in [9.17, 15) is 4.79 Å². The van der Waals surface area contributed by atoms with Crippen molar-refractivity contribution in [3.8, 4) is 11.5 Å². The van der Waals surface area contributed by atoms with E-state index in [1.807, 2.05) is 32.9 Å². The van der Waals surface area contributed by atoms with Gasteiger partial charge in [-0.1, -0.05) is 20.8 Å². The van der Waals surface area contributed by atoms with Crippen LogP contribution in [0.4, 0.5) is 0 Å². The molecule has 0 aliphatic rings. The molecule has 2 aromatic heterocycles. The largest absolute Gasteiger partial charge is 0.305 e. The lowest BCUT2D eigenvalue weighted by Gasteiger charge is -2.17. The van der Waals surface area contributed by atoms with Crippen molar-refractivity contribution in [3.63, 3.8) is 0 Å². The van der Waals surface area contributed by atoms with Crippen LogP contribution < -0.4 is 5.56 Å². The summed E-state index contributed by atoms with van der Waals surface area (Å²) in [6.07, 6.45) is 1.67. The van der Waals surface area contributed by atoms with Crippen molar-refractivity contribution in [2.45, 2.75) is 26.2 Å². The maximum atomic E-state index is 11.7. The Morgan fingerprint density at radius 3 is 2.67 bits per heavy atom. The topological polar surface area (TPSA) is 58.6 Å². The standard InChI is InChI=1S/C13H14BrN3O/c1-13(2,3)9-7-10(18)17-12(16-9)11-8(14)5-4-6-15-11/h4-7H,1-3H3,(H,16,17,18). The number of hydrogen-bond acceptors (Lipinski definition) is 3. The molecular formula is C13H14BrN3O. The maximum absolute atomic E-state index is 11.7. The van der Waals surface area contributed by atoms with Crippen molar-refractivity contribution in [3.05, 3.63) is 44.9 Å². The number of aromatic amines is 1. The van der Waals surface area contributed by atoms with Crippen LogP contribution in [0.1, 0.15) is 26.5 Å². The van der Waals surface area contributed by atoms with Crippen molar-refractivity contribution in [2.75, 3.05) is 0 Å². The van der Waals surface area contributed by atoms with Gasteiger partial charge in [-0.25, -0.2) is 4.98 Å². The van der Waals surface area contributed by atoms with Crippen LogP contribution in [-0.4, -0.2) is 15.0 Å². The molecule has 4 nitrogen and oxygen atoms in total. The molecule has 0 aliphatic heterocycles. The van der Waals surface area contributed by atoms with Crippen molar-refractivity contribution in [1.29, 1.82) is 0 Å². The Morgan fingerprint density at radius 1 is 1.33 bits per heavy atom. The summed E-state index contributed by atoms with van der Waals surface area (Å²) in [6, 6.07) is 5.21. The summed E-state index contributed by atoms with van der Waals surface area (Å²) in [6.45, 7) is 6.06. The van der Waals surface area contributed by atoms with Gasteiger partial charge in [0, 0.05) is 22.2 Å². The molecule has 0 bridgehead atoms. The Bertz CT molecular complexity index is 629. The molecule has 2 heterocycles. The number of aromatic nitrogens is 3. The highest BCUT2D eigenvalue weighted by atomic mass is 79.9. The van der Waals surface area contributed by atoms with Gasteiger partial charge in [0.1, 0.15) is 5.69 Å². The van der Waals surface area contributed by atoms with E-state index in [1.165, 1.54) is 6.07 Å². The molecule has 0 saturated heterocycles. The minimum atomic E-state index is -0.176. The Kier molecular flexibility index (Phi) is 3.34. The zero-order valence-electron chi connectivity index (χ0n) is 10.5. The highest BCUT2D eigenvalue weighted by Gasteiger charge is 2.18. The molecule has 0 spiro atoms. The van der Waals surface area contributed by atoms with Crippen LogP contribution in [0.5, 0.6) is 0 Å². The van der Waals surface area contributed by atoms with Gasteiger partial charge in [-0.2, -0.15) is 0 Å². The fourth-order valence-corrected chi connectivity index (χ4v) is 1.96. The monoisotopic (exact) mass is 307 g/mol. The lowest BCUT2D eigenvalue weighted by Crippen LogP contribution is -2.20. The predicted octanol–water partition coefficient (Wildman–Crippen LogP) is 2.89. The van der Waals surface area contributed by atoms with Crippen LogP contribution in [0, 0.1) is 0 Å². The van der Waals surface area contributed by atoms with Gasteiger partial charge in [0.15, 0.2) is 5.82 Å². The lowest BCUT2D eigenvalue weighted by atomic mass is 9.92. The third-order valence-electron chi connectivity index (χ3n) is 2.49. The molecule has 94 valence electrons. The first-order chi connectivity index (χ1) is 8.38. The van der Waals surface area contributed by atoms with Gasteiger partial charge in [-0.3, -0.25) is 9.78 Å². The number of nitrogens with zero attached hydrogens (tertiary/aromatic N) is 2. The Morgan fingerprint density at radius 2 is 2.06 bits per heavy atom. The number of pyridine rings is 1. The maximum Gasteiger partial charge on any atom is 0.251 e. The Labute approximate surface area is 114 Å². The molecule has 18 heavy (non-hydrogen) atoms. The normalized spacial score (nSPS) is 11.6. The van der Waals surface area contributed by atoms with Crippen LogP contribution in [-0.2, 0) is 5.41 Å². The summed E-state index contributed by atoms with van der Waals surface area (Å²) in [7, 11) is 0. The fourth-order valence-electron chi connectivity index (χ4n) is 1.51.